The summed E-state index contributed by atoms with van der Waals surface area (Å²) in [6.07, 6.45) is 0. The summed E-state index contributed by atoms with van der Waals surface area (Å²) in [6.45, 7) is 4.80. The molecule has 3 heteroatoms. The van der Waals surface area contributed by atoms with Gasteiger partial charge >= 0.3 is 0 Å². The molecule has 0 unspecified atom stereocenters. The minimum Gasteiger partial charge on any atom is -0.493 e. The number of nitroso groups, excluding NO2 is 1. The highest BCUT2D eigenvalue weighted by Gasteiger charge is 1.98. The van der Waals surface area contributed by atoms with E-state index in [2.05, 4.69) is 19.0 Å². The second kappa shape index (κ2) is 4.60. The van der Waals surface area contributed by atoms with E-state index >= 15 is 0 Å². The molecule has 0 aliphatic heterocycles. The SMILES string of the molecule is CC(C)COc1cccc(N=O)c1. The van der Waals surface area contributed by atoms with Gasteiger partial charge in [-0.15, -0.1) is 4.91 Å². The van der Waals surface area contributed by atoms with Gasteiger partial charge in [0.2, 0.25) is 0 Å². The lowest BCUT2D eigenvalue weighted by molar-refractivity contribution is 0.271. The molecule has 0 spiro atoms. The number of hydrogen-bond acceptors (Lipinski definition) is 3. The quantitative estimate of drug-likeness (QED) is 0.666. The Balaban J connectivity index is 2.61. The molecule has 0 aliphatic rings. The standard InChI is InChI=1S/C10H13NO2/c1-8(2)7-13-10-5-3-4-9(6-10)11-12/h3-6,8H,7H2,1-2H3. The third-order valence-electron chi connectivity index (χ3n) is 1.51. The Hall–Kier alpha value is -1.38. The van der Waals surface area contributed by atoms with Gasteiger partial charge in [-0.1, -0.05) is 19.9 Å². The van der Waals surface area contributed by atoms with Gasteiger partial charge in [-0.05, 0) is 23.2 Å². The fraction of sp³-hybridized carbons (Fsp3) is 0.400. The van der Waals surface area contributed by atoms with E-state index in [1.165, 1.54) is 0 Å². The van der Waals surface area contributed by atoms with Crippen molar-refractivity contribution in [2.75, 3.05) is 6.61 Å². The Morgan fingerprint density at radius 3 is 2.85 bits per heavy atom. The maximum Gasteiger partial charge on any atom is 0.121 e. The third kappa shape index (κ3) is 3.23. The molecule has 0 atom stereocenters. The van der Waals surface area contributed by atoms with Gasteiger partial charge in [-0.2, -0.15) is 0 Å². The van der Waals surface area contributed by atoms with Crippen molar-refractivity contribution >= 4 is 5.69 Å². The smallest absolute Gasteiger partial charge is 0.121 e. The first kappa shape index (κ1) is 9.71. The van der Waals surface area contributed by atoms with Crippen molar-refractivity contribution in [2.24, 2.45) is 11.1 Å². The molecule has 0 saturated heterocycles. The normalized spacial score (nSPS) is 10.1. The topological polar surface area (TPSA) is 38.7 Å². The van der Waals surface area contributed by atoms with Crippen molar-refractivity contribution in [1.82, 2.24) is 0 Å². The lowest BCUT2D eigenvalue weighted by Crippen LogP contribution is -2.04. The van der Waals surface area contributed by atoms with Gasteiger partial charge in [0.05, 0.1) is 6.61 Å². The minimum atomic E-state index is 0.404. The molecule has 1 rings (SSSR count). The predicted octanol–water partition coefficient (Wildman–Crippen LogP) is 3.12. The molecule has 1 aromatic rings. The maximum atomic E-state index is 10.2. The van der Waals surface area contributed by atoms with Gasteiger partial charge in [-0.25, -0.2) is 0 Å². The first-order chi connectivity index (χ1) is 6.22. The van der Waals surface area contributed by atoms with E-state index in [9.17, 15) is 4.91 Å². The Morgan fingerprint density at radius 2 is 2.23 bits per heavy atom. The highest BCUT2D eigenvalue weighted by Crippen LogP contribution is 2.19. The van der Waals surface area contributed by atoms with Crippen molar-refractivity contribution in [3.63, 3.8) is 0 Å². The van der Waals surface area contributed by atoms with E-state index in [1.807, 2.05) is 6.07 Å². The van der Waals surface area contributed by atoms with Crippen LogP contribution in [0.25, 0.3) is 0 Å². The summed E-state index contributed by atoms with van der Waals surface area (Å²) < 4.78 is 5.41. The summed E-state index contributed by atoms with van der Waals surface area (Å²) in [7, 11) is 0. The average Bonchev–Trinajstić information content (AvgIpc) is 2.15. The molecule has 3 nitrogen and oxygen atoms in total. The zero-order chi connectivity index (χ0) is 9.68. The van der Waals surface area contributed by atoms with Gasteiger partial charge in [0.25, 0.3) is 0 Å². The summed E-state index contributed by atoms with van der Waals surface area (Å²) in [4.78, 5) is 10.2. The van der Waals surface area contributed by atoms with Gasteiger partial charge < -0.3 is 4.74 Å². The molecule has 0 fully saturated rings. The van der Waals surface area contributed by atoms with Crippen molar-refractivity contribution < 1.29 is 4.74 Å². The molecule has 0 aromatic heterocycles. The molecule has 0 N–H and O–H groups in total. The van der Waals surface area contributed by atoms with E-state index in [1.54, 1.807) is 18.2 Å². The summed E-state index contributed by atoms with van der Waals surface area (Å²) in [5.41, 5.74) is 0.404. The van der Waals surface area contributed by atoms with Crippen molar-refractivity contribution in [2.45, 2.75) is 13.8 Å². The van der Waals surface area contributed by atoms with Gasteiger partial charge in [0.15, 0.2) is 0 Å². The minimum absolute atomic E-state index is 0.404. The van der Waals surface area contributed by atoms with E-state index < -0.39 is 0 Å². The van der Waals surface area contributed by atoms with Crippen molar-refractivity contribution in [1.29, 1.82) is 0 Å². The van der Waals surface area contributed by atoms with Crippen LogP contribution in [0.3, 0.4) is 0 Å². The van der Waals surface area contributed by atoms with Gasteiger partial charge in [-0.3, -0.25) is 0 Å². The van der Waals surface area contributed by atoms with Crippen LogP contribution < -0.4 is 4.74 Å². The van der Waals surface area contributed by atoms with Crippen molar-refractivity contribution in [3.05, 3.63) is 29.2 Å². The molecular weight excluding hydrogens is 166 g/mol. The summed E-state index contributed by atoms with van der Waals surface area (Å²) in [5, 5.41) is 2.83. The number of ether oxygens (including phenoxy) is 1. The summed E-state index contributed by atoms with van der Waals surface area (Å²) in [6, 6.07) is 6.86. The lowest BCUT2D eigenvalue weighted by atomic mass is 10.2. The zero-order valence-electron chi connectivity index (χ0n) is 7.86. The molecule has 0 amide bonds. The van der Waals surface area contributed by atoms with Crippen LogP contribution in [0, 0.1) is 10.8 Å². The van der Waals surface area contributed by atoms with Crippen LogP contribution in [0.4, 0.5) is 5.69 Å². The first-order valence-corrected chi connectivity index (χ1v) is 4.28. The number of benzene rings is 1. The monoisotopic (exact) mass is 179 g/mol. The summed E-state index contributed by atoms with van der Waals surface area (Å²) in [5.74, 6) is 1.18. The number of hydrogen-bond donors (Lipinski definition) is 0. The highest BCUT2D eigenvalue weighted by molar-refractivity contribution is 5.42. The molecule has 0 saturated carbocycles. The van der Waals surface area contributed by atoms with Crippen LogP contribution in [0.5, 0.6) is 5.75 Å². The molecule has 0 heterocycles. The molecule has 13 heavy (non-hydrogen) atoms. The van der Waals surface area contributed by atoms with Crippen LogP contribution >= 0.6 is 0 Å². The lowest BCUT2D eigenvalue weighted by Gasteiger charge is -2.07. The fourth-order valence-corrected chi connectivity index (χ4v) is 0.893. The summed E-state index contributed by atoms with van der Waals surface area (Å²) >= 11 is 0. The van der Waals surface area contributed by atoms with Gasteiger partial charge in [0, 0.05) is 6.07 Å². The molecule has 0 bridgehead atoms. The third-order valence-corrected chi connectivity index (χ3v) is 1.51. The van der Waals surface area contributed by atoms with Crippen LogP contribution in [-0.4, -0.2) is 6.61 Å². The van der Waals surface area contributed by atoms with Crippen LogP contribution in [0.2, 0.25) is 0 Å². The van der Waals surface area contributed by atoms with Crippen LogP contribution in [0.1, 0.15) is 13.8 Å². The molecule has 70 valence electrons. The molecule has 0 radical (unpaired) electrons. The molecule has 0 aliphatic carbocycles. The predicted molar refractivity (Wildman–Crippen MR) is 52.2 cm³/mol. The van der Waals surface area contributed by atoms with Crippen molar-refractivity contribution in [3.8, 4) is 5.75 Å². The Morgan fingerprint density at radius 1 is 1.46 bits per heavy atom. The van der Waals surface area contributed by atoms with Crippen LogP contribution in [0.15, 0.2) is 29.4 Å². The van der Waals surface area contributed by atoms with E-state index in [0.717, 1.165) is 0 Å². The Bertz CT molecular complexity index is 284. The van der Waals surface area contributed by atoms with E-state index in [0.29, 0.717) is 24.0 Å². The Kier molecular flexibility index (Phi) is 3.43. The maximum absolute atomic E-state index is 10.2. The Labute approximate surface area is 77.7 Å². The number of nitrogens with zero attached hydrogens (tertiary/aromatic N) is 1. The van der Waals surface area contributed by atoms with Gasteiger partial charge in [0.1, 0.15) is 11.4 Å². The molecule has 1 aromatic carbocycles. The number of rotatable bonds is 4. The van der Waals surface area contributed by atoms with E-state index in [4.69, 9.17) is 4.74 Å². The second-order valence-corrected chi connectivity index (χ2v) is 3.29. The largest absolute Gasteiger partial charge is 0.493 e. The van der Waals surface area contributed by atoms with E-state index in [-0.39, 0.29) is 0 Å². The first-order valence-electron chi connectivity index (χ1n) is 4.28. The van der Waals surface area contributed by atoms with Crippen LogP contribution in [-0.2, 0) is 0 Å². The average molecular weight is 179 g/mol. The zero-order valence-corrected chi connectivity index (χ0v) is 7.86. The highest BCUT2D eigenvalue weighted by atomic mass is 16.5. The second-order valence-electron chi connectivity index (χ2n) is 3.29. The fourth-order valence-electron chi connectivity index (χ4n) is 0.893. The molecular formula is C10H13NO2.